The third-order valence-corrected chi connectivity index (χ3v) is 2.87. The molecule has 1 amide bonds. The molecule has 22 heavy (non-hydrogen) atoms. The number of benzene rings is 1. The number of amides is 1. The van der Waals surface area contributed by atoms with E-state index in [4.69, 9.17) is 11.1 Å². The molecular weight excluding hydrogens is 280 g/mol. The van der Waals surface area contributed by atoms with E-state index in [1.54, 1.807) is 18.2 Å². The van der Waals surface area contributed by atoms with Crippen molar-refractivity contribution in [2.75, 3.05) is 16.4 Å². The molecule has 7 nitrogen and oxygen atoms in total. The normalized spacial score (nSPS) is 10.0. The standard InChI is InChI=1S/C15H18N6O/c1-2-3-12(17)15(22)21-14-8-13(18-9-19-14)20-11-6-4-10(16)5-7-11/h4-9,17H,2-3,16H2,1H3,(H2,18,19,20,21,22). The van der Waals surface area contributed by atoms with Crippen LogP contribution in [0.3, 0.4) is 0 Å². The van der Waals surface area contributed by atoms with Gasteiger partial charge in [0.2, 0.25) is 0 Å². The fourth-order valence-electron chi connectivity index (χ4n) is 1.76. The van der Waals surface area contributed by atoms with E-state index in [-0.39, 0.29) is 5.71 Å². The number of nitrogen functional groups attached to an aromatic ring is 1. The van der Waals surface area contributed by atoms with Crippen LogP contribution in [0, 0.1) is 5.41 Å². The van der Waals surface area contributed by atoms with Crippen LogP contribution in [0.1, 0.15) is 19.8 Å². The second-order valence-electron chi connectivity index (χ2n) is 4.72. The first kappa shape index (κ1) is 15.4. The van der Waals surface area contributed by atoms with Crippen LogP contribution < -0.4 is 16.4 Å². The summed E-state index contributed by atoms with van der Waals surface area (Å²) < 4.78 is 0. The number of nitrogens with zero attached hydrogens (tertiary/aromatic N) is 2. The first-order valence-corrected chi connectivity index (χ1v) is 6.92. The van der Waals surface area contributed by atoms with Crippen molar-refractivity contribution < 1.29 is 4.79 Å². The lowest BCUT2D eigenvalue weighted by atomic mass is 10.2. The summed E-state index contributed by atoms with van der Waals surface area (Å²) in [6, 6.07) is 8.81. The van der Waals surface area contributed by atoms with Crippen molar-refractivity contribution in [3.05, 3.63) is 36.7 Å². The van der Waals surface area contributed by atoms with E-state index in [0.29, 0.717) is 23.7 Å². The Morgan fingerprint density at radius 1 is 1.23 bits per heavy atom. The van der Waals surface area contributed by atoms with E-state index in [1.807, 2.05) is 19.1 Å². The van der Waals surface area contributed by atoms with Gasteiger partial charge in [-0.3, -0.25) is 10.2 Å². The Morgan fingerprint density at radius 3 is 2.59 bits per heavy atom. The summed E-state index contributed by atoms with van der Waals surface area (Å²) in [6.07, 6.45) is 2.53. The fraction of sp³-hybridized carbons (Fsp3) is 0.200. The molecule has 0 aliphatic heterocycles. The number of carbonyl (C=O) groups is 1. The SMILES string of the molecule is CCCC(=N)C(=O)Nc1cc(Nc2ccc(N)cc2)ncn1. The molecule has 5 N–H and O–H groups in total. The molecule has 1 heterocycles. The molecule has 0 aliphatic carbocycles. The van der Waals surface area contributed by atoms with Crippen LogP contribution in [0.25, 0.3) is 0 Å². The minimum atomic E-state index is -0.445. The van der Waals surface area contributed by atoms with Crippen molar-refractivity contribution in [1.82, 2.24) is 9.97 Å². The van der Waals surface area contributed by atoms with E-state index >= 15 is 0 Å². The van der Waals surface area contributed by atoms with Gasteiger partial charge in [0.05, 0.1) is 5.71 Å². The van der Waals surface area contributed by atoms with Crippen molar-refractivity contribution in [3.8, 4) is 0 Å². The Balaban J connectivity index is 2.05. The van der Waals surface area contributed by atoms with Gasteiger partial charge in [-0.05, 0) is 30.7 Å². The van der Waals surface area contributed by atoms with E-state index < -0.39 is 5.91 Å². The van der Waals surface area contributed by atoms with Gasteiger partial charge in [-0.2, -0.15) is 0 Å². The number of aromatic nitrogens is 2. The second kappa shape index (κ2) is 7.16. The molecule has 0 fully saturated rings. The van der Waals surface area contributed by atoms with Gasteiger partial charge in [0.15, 0.2) is 0 Å². The van der Waals surface area contributed by atoms with Crippen LogP contribution in [0.5, 0.6) is 0 Å². The van der Waals surface area contributed by atoms with Gasteiger partial charge in [0.25, 0.3) is 5.91 Å². The Hall–Kier alpha value is -2.96. The summed E-state index contributed by atoms with van der Waals surface area (Å²) in [5.41, 5.74) is 7.17. The van der Waals surface area contributed by atoms with Gasteiger partial charge in [0, 0.05) is 17.4 Å². The van der Waals surface area contributed by atoms with Crippen molar-refractivity contribution in [3.63, 3.8) is 0 Å². The minimum Gasteiger partial charge on any atom is -0.399 e. The molecule has 0 saturated heterocycles. The molecule has 0 atom stereocenters. The maximum absolute atomic E-state index is 11.8. The summed E-state index contributed by atoms with van der Waals surface area (Å²) in [6.45, 7) is 1.92. The third-order valence-electron chi connectivity index (χ3n) is 2.87. The van der Waals surface area contributed by atoms with Crippen molar-refractivity contribution >= 4 is 34.6 Å². The minimum absolute atomic E-state index is 0.0363. The Kier molecular flexibility index (Phi) is 5.02. The highest BCUT2D eigenvalue weighted by molar-refractivity contribution is 6.41. The zero-order chi connectivity index (χ0) is 15.9. The number of anilines is 4. The lowest BCUT2D eigenvalue weighted by molar-refractivity contribution is -0.110. The monoisotopic (exact) mass is 298 g/mol. The maximum Gasteiger partial charge on any atom is 0.270 e. The van der Waals surface area contributed by atoms with Gasteiger partial charge in [-0.1, -0.05) is 13.3 Å². The maximum atomic E-state index is 11.8. The quantitative estimate of drug-likeness (QED) is 0.483. The van der Waals surface area contributed by atoms with Gasteiger partial charge in [-0.15, -0.1) is 0 Å². The molecular formula is C15H18N6O. The second-order valence-corrected chi connectivity index (χ2v) is 4.72. The van der Waals surface area contributed by atoms with Crippen molar-refractivity contribution in [1.29, 1.82) is 5.41 Å². The van der Waals surface area contributed by atoms with Crippen LogP contribution in [0.15, 0.2) is 36.7 Å². The van der Waals surface area contributed by atoms with Crippen LogP contribution >= 0.6 is 0 Å². The van der Waals surface area contributed by atoms with Gasteiger partial charge in [-0.25, -0.2) is 9.97 Å². The Labute approximate surface area is 128 Å². The predicted molar refractivity (Wildman–Crippen MR) is 87.4 cm³/mol. The highest BCUT2D eigenvalue weighted by Crippen LogP contribution is 2.17. The first-order valence-electron chi connectivity index (χ1n) is 6.92. The molecule has 1 aromatic heterocycles. The molecule has 7 heteroatoms. The lowest BCUT2D eigenvalue weighted by Gasteiger charge is -2.08. The molecule has 0 saturated carbocycles. The van der Waals surface area contributed by atoms with Crippen LogP contribution in [0.2, 0.25) is 0 Å². The average Bonchev–Trinajstić information content (AvgIpc) is 2.50. The topological polar surface area (TPSA) is 117 Å². The summed E-state index contributed by atoms with van der Waals surface area (Å²) >= 11 is 0. The molecule has 114 valence electrons. The zero-order valence-corrected chi connectivity index (χ0v) is 12.3. The van der Waals surface area contributed by atoms with Crippen LogP contribution in [-0.2, 0) is 4.79 Å². The molecule has 1 aromatic carbocycles. The smallest absolute Gasteiger partial charge is 0.270 e. The lowest BCUT2D eigenvalue weighted by Crippen LogP contribution is -2.22. The highest BCUT2D eigenvalue weighted by Gasteiger charge is 2.09. The molecule has 0 unspecified atom stereocenters. The molecule has 0 aliphatic rings. The summed E-state index contributed by atoms with van der Waals surface area (Å²) in [4.78, 5) is 19.8. The van der Waals surface area contributed by atoms with Crippen molar-refractivity contribution in [2.45, 2.75) is 19.8 Å². The average molecular weight is 298 g/mol. The van der Waals surface area contributed by atoms with E-state index in [0.717, 1.165) is 12.1 Å². The molecule has 2 rings (SSSR count). The zero-order valence-electron chi connectivity index (χ0n) is 12.3. The van der Waals surface area contributed by atoms with E-state index in [9.17, 15) is 4.79 Å². The van der Waals surface area contributed by atoms with Crippen LogP contribution in [-0.4, -0.2) is 21.6 Å². The summed E-state index contributed by atoms with van der Waals surface area (Å²) in [5, 5.41) is 13.3. The van der Waals surface area contributed by atoms with Gasteiger partial charge in [0.1, 0.15) is 18.0 Å². The number of hydrogen-bond donors (Lipinski definition) is 4. The van der Waals surface area contributed by atoms with Crippen LogP contribution in [0.4, 0.5) is 23.0 Å². The number of nitrogens with one attached hydrogen (secondary N) is 3. The van der Waals surface area contributed by atoms with E-state index in [2.05, 4.69) is 20.6 Å². The highest BCUT2D eigenvalue weighted by atomic mass is 16.1. The Bertz CT molecular complexity index is 668. The number of carbonyl (C=O) groups excluding carboxylic acids is 1. The largest absolute Gasteiger partial charge is 0.399 e. The van der Waals surface area contributed by atoms with Gasteiger partial charge < -0.3 is 16.4 Å². The van der Waals surface area contributed by atoms with Gasteiger partial charge >= 0.3 is 0 Å². The first-order chi connectivity index (χ1) is 10.6. The molecule has 2 aromatic rings. The predicted octanol–water partition coefficient (Wildman–Crippen LogP) is 2.56. The summed E-state index contributed by atoms with van der Waals surface area (Å²) in [5.74, 6) is 0.440. The summed E-state index contributed by atoms with van der Waals surface area (Å²) in [7, 11) is 0. The van der Waals surface area contributed by atoms with Crippen molar-refractivity contribution in [2.24, 2.45) is 0 Å². The number of nitrogens with two attached hydrogens (primary N) is 1. The van der Waals surface area contributed by atoms with E-state index in [1.165, 1.54) is 6.33 Å². The Morgan fingerprint density at radius 2 is 1.91 bits per heavy atom. The number of hydrogen-bond acceptors (Lipinski definition) is 6. The fourth-order valence-corrected chi connectivity index (χ4v) is 1.76. The molecule has 0 bridgehead atoms. The number of rotatable bonds is 6. The molecule has 0 radical (unpaired) electrons. The third kappa shape index (κ3) is 4.27. The molecule has 0 spiro atoms.